The summed E-state index contributed by atoms with van der Waals surface area (Å²) in [6.07, 6.45) is 3.98. The standard InChI is InChI=1S/C28H33Cl2N3O2/c1-20(2)28(19-31,22-11-4-3-5-12-22)16-7-6-15-25(34)33-17-9-14-24(33)27(35)32-18-21-10-8-13-23(29)26(21)30/h3-5,8,10-13,20,24H,6-7,9,14-18H2,1-2H3,(H,32,35)/t24-,28?/m1/s1. The number of halogens is 2. The first kappa shape index (κ1) is 27.0. The molecule has 1 saturated heterocycles. The summed E-state index contributed by atoms with van der Waals surface area (Å²) in [5, 5.41) is 13.8. The molecule has 2 atom stereocenters. The van der Waals surface area contributed by atoms with E-state index >= 15 is 0 Å². The normalized spacial score (nSPS) is 17.1. The second-order valence-electron chi connectivity index (χ2n) is 9.49. The summed E-state index contributed by atoms with van der Waals surface area (Å²) in [7, 11) is 0. The van der Waals surface area contributed by atoms with E-state index in [1.165, 1.54) is 0 Å². The fourth-order valence-electron chi connectivity index (χ4n) is 4.90. The highest BCUT2D eigenvalue weighted by Crippen LogP contribution is 2.37. The van der Waals surface area contributed by atoms with Crippen molar-refractivity contribution < 1.29 is 9.59 Å². The lowest BCUT2D eigenvalue weighted by Gasteiger charge is -2.31. The van der Waals surface area contributed by atoms with E-state index in [4.69, 9.17) is 23.2 Å². The highest BCUT2D eigenvalue weighted by atomic mass is 35.5. The van der Waals surface area contributed by atoms with Crippen LogP contribution in [0.2, 0.25) is 10.0 Å². The zero-order chi connectivity index (χ0) is 25.4. The molecule has 186 valence electrons. The van der Waals surface area contributed by atoms with Gasteiger partial charge in [0.1, 0.15) is 6.04 Å². The van der Waals surface area contributed by atoms with Crippen molar-refractivity contribution in [3.8, 4) is 6.07 Å². The third kappa shape index (κ3) is 6.37. The van der Waals surface area contributed by atoms with Crippen LogP contribution in [0, 0.1) is 17.2 Å². The van der Waals surface area contributed by atoms with E-state index in [1.807, 2.05) is 36.4 Å². The van der Waals surface area contributed by atoms with Crippen LogP contribution in [0.5, 0.6) is 0 Å². The fraction of sp³-hybridized carbons (Fsp3) is 0.464. The van der Waals surface area contributed by atoms with Crippen LogP contribution in [0.3, 0.4) is 0 Å². The van der Waals surface area contributed by atoms with E-state index in [-0.39, 0.29) is 24.3 Å². The van der Waals surface area contributed by atoms with Gasteiger partial charge in [0, 0.05) is 19.5 Å². The lowest BCUT2D eigenvalue weighted by molar-refractivity contribution is -0.138. The van der Waals surface area contributed by atoms with Gasteiger partial charge in [0.25, 0.3) is 0 Å². The molecular formula is C28H33Cl2N3O2. The van der Waals surface area contributed by atoms with Gasteiger partial charge in [-0.05, 0) is 48.8 Å². The van der Waals surface area contributed by atoms with Gasteiger partial charge in [0.05, 0.1) is 21.5 Å². The van der Waals surface area contributed by atoms with Crippen LogP contribution in [0.1, 0.15) is 63.5 Å². The molecule has 1 aliphatic rings. The van der Waals surface area contributed by atoms with Crippen molar-refractivity contribution in [2.75, 3.05) is 6.54 Å². The second-order valence-corrected chi connectivity index (χ2v) is 10.3. The average Bonchev–Trinajstić information content (AvgIpc) is 3.35. The Bertz CT molecular complexity index is 1070. The Morgan fingerprint density at radius 2 is 1.89 bits per heavy atom. The second kappa shape index (κ2) is 12.4. The molecule has 1 heterocycles. The maximum atomic E-state index is 13.0. The number of unbranched alkanes of at least 4 members (excludes halogenated alkanes) is 1. The van der Waals surface area contributed by atoms with E-state index in [2.05, 4.69) is 25.2 Å². The van der Waals surface area contributed by atoms with Crippen molar-refractivity contribution in [3.05, 3.63) is 69.7 Å². The molecule has 1 unspecified atom stereocenters. The summed E-state index contributed by atoms with van der Waals surface area (Å²) < 4.78 is 0. The molecule has 0 aromatic heterocycles. The van der Waals surface area contributed by atoms with Gasteiger partial charge in [0.2, 0.25) is 11.8 Å². The van der Waals surface area contributed by atoms with Crippen molar-refractivity contribution in [2.45, 2.75) is 70.4 Å². The van der Waals surface area contributed by atoms with Crippen LogP contribution in [0.4, 0.5) is 0 Å². The molecule has 5 nitrogen and oxygen atoms in total. The molecule has 1 N–H and O–H groups in total. The Hall–Kier alpha value is -2.55. The summed E-state index contributed by atoms with van der Waals surface area (Å²) in [6.45, 7) is 5.01. The molecule has 0 bridgehead atoms. The van der Waals surface area contributed by atoms with Gasteiger partial charge in [-0.3, -0.25) is 9.59 Å². The number of rotatable bonds is 10. The number of amides is 2. The Balaban J connectivity index is 1.53. The first-order valence-corrected chi connectivity index (χ1v) is 13.0. The average molecular weight is 514 g/mol. The van der Waals surface area contributed by atoms with Crippen LogP contribution in [0.15, 0.2) is 48.5 Å². The van der Waals surface area contributed by atoms with Crippen LogP contribution >= 0.6 is 23.2 Å². The maximum Gasteiger partial charge on any atom is 0.243 e. The number of carbonyl (C=O) groups is 2. The van der Waals surface area contributed by atoms with Crippen molar-refractivity contribution in [2.24, 2.45) is 5.92 Å². The molecule has 1 fully saturated rings. The van der Waals surface area contributed by atoms with Crippen LogP contribution in [-0.2, 0) is 21.5 Å². The number of carbonyl (C=O) groups excluding carboxylic acids is 2. The minimum Gasteiger partial charge on any atom is -0.350 e. The first-order valence-electron chi connectivity index (χ1n) is 12.3. The van der Waals surface area contributed by atoms with Gasteiger partial charge >= 0.3 is 0 Å². The zero-order valence-electron chi connectivity index (χ0n) is 20.4. The zero-order valence-corrected chi connectivity index (χ0v) is 21.9. The molecule has 7 heteroatoms. The SMILES string of the molecule is CC(C)C(C#N)(CCCCC(=O)N1CCC[C@@H]1C(=O)NCc1cccc(Cl)c1Cl)c1ccccc1. The summed E-state index contributed by atoms with van der Waals surface area (Å²) in [5.41, 5.74) is 1.20. The predicted octanol–water partition coefficient (Wildman–Crippen LogP) is 6.28. The lowest BCUT2D eigenvalue weighted by Crippen LogP contribution is -2.45. The van der Waals surface area contributed by atoms with E-state index < -0.39 is 11.5 Å². The Kier molecular flexibility index (Phi) is 9.60. The maximum absolute atomic E-state index is 13.0. The smallest absolute Gasteiger partial charge is 0.243 e. The van der Waals surface area contributed by atoms with E-state index in [0.29, 0.717) is 42.3 Å². The van der Waals surface area contributed by atoms with Crippen LogP contribution in [0.25, 0.3) is 0 Å². The molecule has 2 aromatic rings. The lowest BCUT2D eigenvalue weighted by atomic mass is 9.69. The molecule has 2 aromatic carbocycles. The van der Waals surface area contributed by atoms with E-state index in [0.717, 1.165) is 24.0 Å². The highest BCUT2D eigenvalue weighted by Gasteiger charge is 2.36. The van der Waals surface area contributed by atoms with Crippen molar-refractivity contribution in [1.29, 1.82) is 5.26 Å². The van der Waals surface area contributed by atoms with Gasteiger partial charge < -0.3 is 10.2 Å². The molecule has 0 saturated carbocycles. The minimum atomic E-state index is -0.567. The summed E-state index contributed by atoms with van der Waals surface area (Å²) >= 11 is 12.3. The number of likely N-dealkylation sites (tertiary alicyclic amines) is 1. The van der Waals surface area contributed by atoms with E-state index in [9.17, 15) is 14.9 Å². The number of nitriles is 1. The molecule has 1 aliphatic heterocycles. The topological polar surface area (TPSA) is 73.2 Å². The third-order valence-electron chi connectivity index (χ3n) is 7.05. The monoisotopic (exact) mass is 513 g/mol. The van der Waals surface area contributed by atoms with Gasteiger partial charge in [-0.2, -0.15) is 5.26 Å². The largest absolute Gasteiger partial charge is 0.350 e. The molecule has 3 rings (SSSR count). The predicted molar refractivity (Wildman–Crippen MR) is 140 cm³/mol. The molecule has 2 amide bonds. The molecule has 0 radical (unpaired) electrons. The number of nitrogens with one attached hydrogen (secondary N) is 1. The molecule has 0 spiro atoms. The number of benzene rings is 2. The van der Waals surface area contributed by atoms with Crippen molar-refractivity contribution in [1.82, 2.24) is 10.2 Å². The Morgan fingerprint density at radius 3 is 2.57 bits per heavy atom. The quantitative estimate of drug-likeness (QED) is 0.380. The van der Waals surface area contributed by atoms with Crippen molar-refractivity contribution in [3.63, 3.8) is 0 Å². The number of hydrogen-bond donors (Lipinski definition) is 1. The Morgan fingerprint density at radius 1 is 1.14 bits per heavy atom. The summed E-state index contributed by atoms with van der Waals surface area (Å²) in [6, 6.07) is 17.3. The van der Waals surface area contributed by atoms with Crippen LogP contribution < -0.4 is 5.32 Å². The fourth-order valence-corrected chi connectivity index (χ4v) is 5.28. The number of hydrogen-bond acceptors (Lipinski definition) is 3. The highest BCUT2D eigenvalue weighted by molar-refractivity contribution is 6.42. The summed E-state index contributed by atoms with van der Waals surface area (Å²) in [4.78, 5) is 27.5. The third-order valence-corrected chi connectivity index (χ3v) is 7.90. The molecule has 0 aliphatic carbocycles. The minimum absolute atomic E-state index is 0.00439. The molecule has 35 heavy (non-hydrogen) atoms. The molecular weight excluding hydrogens is 481 g/mol. The van der Waals surface area contributed by atoms with Gasteiger partial charge in [-0.1, -0.05) is 85.9 Å². The van der Waals surface area contributed by atoms with Gasteiger partial charge in [0.15, 0.2) is 0 Å². The summed E-state index contributed by atoms with van der Waals surface area (Å²) in [5.74, 6) is -0.0141. The van der Waals surface area contributed by atoms with Gasteiger partial charge in [-0.15, -0.1) is 0 Å². The van der Waals surface area contributed by atoms with Crippen LogP contribution in [-0.4, -0.2) is 29.3 Å². The van der Waals surface area contributed by atoms with Crippen molar-refractivity contribution >= 4 is 35.0 Å². The van der Waals surface area contributed by atoms with Gasteiger partial charge in [-0.25, -0.2) is 0 Å². The Labute approximate surface area is 218 Å². The number of nitrogens with zero attached hydrogens (tertiary/aromatic N) is 2. The first-order chi connectivity index (χ1) is 16.8. The van der Waals surface area contributed by atoms with E-state index in [1.54, 1.807) is 17.0 Å².